The summed E-state index contributed by atoms with van der Waals surface area (Å²) in [6, 6.07) is 10.7. The summed E-state index contributed by atoms with van der Waals surface area (Å²) < 4.78 is 2.25. The van der Waals surface area contributed by atoms with Gasteiger partial charge in [0.05, 0.1) is 15.9 Å². The summed E-state index contributed by atoms with van der Waals surface area (Å²) in [6.45, 7) is 0. The van der Waals surface area contributed by atoms with E-state index in [1.807, 2.05) is 12.1 Å². The highest BCUT2D eigenvalue weighted by Crippen LogP contribution is 2.38. The maximum atomic E-state index is 6.19. The van der Waals surface area contributed by atoms with Crippen LogP contribution < -0.4 is 0 Å². The van der Waals surface area contributed by atoms with Crippen LogP contribution >= 0.6 is 23.2 Å². The average molecular weight is 409 g/mol. The first-order valence-electron chi connectivity index (χ1n) is 9.38. The minimum absolute atomic E-state index is 0.443. The minimum atomic E-state index is 0.443. The summed E-state index contributed by atoms with van der Waals surface area (Å²) in [5.74, 6) is 0.550. The molecule has 0 saturated heterocycles. The van der Waals surface area contributed by atoms with Gasteiger partial charge in [0.1, 0.15) is 17.1 Å². The van der Waals surface area contributed by atoms with Crippen molar-refractivity contribution in [1.29, 1.82) is 0 Å². The van der Waals surface area contributed by atoms with Crippen LogP contribution in [0.5, 0.6) is 0 Å². The second-order valence-electron chi connectivity index (χ2n) is 7.32. The summed E-state index contributed by atoms with van der Waals surface area (Å²) in [6.07, 6.45) is 13.2. The Bertz CT molecular complexity index is 1200. The number of pyridine rings is 1. The van der Waals surface area contributed by atoms with Gasteiger partial charge in [0.15, 0.2) is 0 Å². The first-order chi connectivity index (χ1) is 13.7. The number of nitrogens with zero attached hydrogens (tertiary/aromatic N) is 4. The van der Waals surface area contributed by atoms with Gasteiger partial charge in [0, 0.05) is 23.8 Å². The molecule has 3 heterocycles. The van der Waals surface area contributed by atoms with Gasteiger partial charge >= 0.3 is 0 Å². The molecule has 28 heavy (non-hydrogen) atoms. The lowest BCUT2D eigenvalue weighted by molar-refractivity contribution is 0.518. The number of hydrogen-bond donors (Lipinski definition) is 0. The fourth-order valence-electron chi connectivity index (χ4n) is 4.12. The molecular weight excluding hydrogens is 391 g/mol. The molecule has 5 rings (SSSR count). The Labute approximate surface area is 172 Å². The van der Waals surface area contributed by atoms with Crippen LogP contribution in [0.4, 0.5) is 0 Å². The van der Waals surface area contributed by atoms with E-state index >= 15 is 0 Å². The SMILES string of the molecule is Clc1cnc2cc(/C=C/[C@@H]3CC[C@H](n4ccc5c(Cl)ncnc54)C3)ccc2c1. The van der Waals surface area contributed by atoms with Crippen LogP contribution in [-0.4, -0.2) is 19.5 Å². The van der Waals surface area contributed by atoms with E-state index in [2.05, 4.69) is 56.1 Å². The van der Waals surface area contributed by atoms with E-state index in [-0.39, 0.29) is 0 Å². The fraction of sp³-hybridized carbons (Fsp3) is 0.227. The topological polar surface area (TPSA) is 43.6 Å². The highest BCUT2D eigenvalue weighted by molar-refractivity contribution is 6.33. The second kappa shape index (κ2) is 7.19. The Morgan fingerprint density at radius 2 is 1.96 bits per heavy atom. The number of fused-ring (bicyclic) bond motifs is 2. The lowest BCUT2D eigenvalue weighted by atomic mass is 10.0. The van der Waals surface area contributed by atoms with Gasteiger partial charge in [-0.2, -0.15) is 0 Å². The summed E-state index contributed by atoms with van der Waals surface area (Å²) in [5.41, 5.74) is 3.05. The van der Waals surface area contributed by atoms with E-state index in [9.17, 15) is 0 Å². The molecule has 0 bridgehead atoms. The molecule has 1 saturated carbocycles. The highest BCUT2D eigenvalue weighted by Gasteiger charge is 2.25. The molecular formula is C22H18Cl2N4. The van der Waals surface area contributed by atoms with Crippen molar-refractivity contribution in [2.24, 2.45) is 5.92 Å². The van der Waals surface area contributed by atoms with Gasteiger partial charge in [-0.1, -0.05) is 47.5 Å². The second-order valence-corrected chi connectivity index (χ2v) is 8.11. The zero-order valence-electron chi connectivity index (χ0n) is 15.1. The molecule has 1 aliphatic rings. The minimum Gasteiger partial charge on any atom is -0.329 e. The largest absolute Gasteiger partial charge is 0.329 e. The van der Waals surface area contributed by atoms with Gasteiger partial charge in [-0.25, -0.2) is 9.97 Å². The van der Waals surface area contributed by atoms with Crippen molar-refractivity contribution in [3.63, 3.8) is 0 Å². The van der Waals surface area contributed by atoms with Gasteiger partial charge in [0.25, 0.3) is 0 Å². The maximum absolute atomic E-state index is 6.19. The predicted octanol–water partition coefficient (Wildman–Crippen LogP) is 6.34. The molecule has 4 aromatic rings. The number of allylic oxidation sites excluding steroid dienone is 1. The lowest BCUT2D eigenvalue weighted by Gasteiger charge is -2.13. The molecule has 1 fully saturated rings. The molecule has 1 aromatic carbocycles. The molecule has 0 aliphatic heterocycles. The van der Waals surface area contributed by atoms with Crippen LogP contribution in [0.3, 0.4) is 0 Å². The van der Waals surface area contributed by atoms with Crippen LogP contribution in [0.2, 0.25) is 10.2 Å². The monoisotopic (exact) mass is 408 g/mol. The van der Waals surface area contributed by atoms with Crippen molar-refractivity contribution >= 4 is 51.2 Å². The van der Waals surface area contributed by atoms with Crippen LogP contribution in [0.25, 0.3) is 28.0 Å². The predicted molar refractivity (Wildman–Crippen MR) is 115 cm³/mol. The molecule has 2 atom stereocenters. The molecule has 0 amide bonds. The average Bonchev–Trinajstić information content (AvgIpc) is 3.33. The lowest BCUT2D eigenvalue weighted by Crippen LogP contribution is -2.04. The highest BCUT2D eigenvalue weighted by atomic mass is 35.5. The van der Waals surface area contributed by atoms with Crippen molar-refractivity contribution in [2.75, 3.05) is 0 Å². The Morgan fingerprint density at radius 3 is 2.89 bits per heavy atom. The Hall–Kier alpha value is -2.43. The number of halogens is 2. The maximum Gasteiger partial charge on any atom is 0.145 e. The van der Waals surface area contributed by atoms with Gasteiger partial charge in [-0.15, -0.1) is 0 Å². The summed E-state index contributed by atoms with van der Waals surface area (Å²) >= 11 is 12.2. The third kappa shape index (κ3) is 3.27. The van der Waals surface area contributed by atoms with Gasteiger partial charge < -0.3 is 4.57 Å². The van der Waals surface area contributed by atoms with Crippen molar-refractivity contribution < 1.29 is 0 Å². The molecule has 6 heteroatoms. The number of rotatable bonds is 3. The number of hydrogen-bond acceptors (Lipinski definition) is 3. The molecule has 1 aliphatic carbocycles. The first kappa shape index (κ1) is 17.7. The van der Waals surface area contributed by atoms with E-state index in [0.717, 1.165) is 40.3 Å². The van der Waals surface area contributed by atoms with Crippen LogP contribution in [0.15, 0.2) is 55.1 Å². The van der Waals surface area contributed by atoms with Crippen molar-refractivity contribution in [3.05, 3.63) is 70.9 Å². The van der Waals surface area contributed by atoms with Crippen LogP contribution in [-0.2, 0) is 0 Å². The van der Waals surface area contributed by atoms with Crippen LogP contribution in [0, 0.1) is 5.92 Å². The van der Waals surface area contributed by atoms with Crippen LogP contribution in [0.1, 0.15) is 30.9 Å². The Kier molecular flexibility index (Phi) is 4.53. The molecule has 0 N–H and O–H groups in total. The summed E-state index contributed by atoms with van der Waals surface area (Å²) in [4.78, 5) is 12.9. The summed E-state index contributed by atoms with van der Waals surface area (Å²) in [5, 5.41) is 3.17. The standard InChI is InChI=1S/C22H18Cl2N4/c23-17-11-16-5-3-15(10-20(16)25-12-17)2-1-14-4-6-18(9-14)28-8-7-19-21(24)26-13-27-22(19)28/h1-3,5,7-8,10-14,18H,4,6,9H2/b2-1+/t14-,18+/m1/s1. The zero-order chi connectivity index (χ0) is 19.1. The normalized spacial score (nSPS) is 19.9. The fourth-order valence-corrected chi connectivity index (χ4v) is 4.47. The zero-order valence-corrected chi connectivity index (χ0v) is 16.6. The molecule has 0 unspecified atom stereocenters. The molecule has 3 aromatic heterocycles. The third-order valence-corrected chi connectivity index (χ3v) is 6.04. The first-order valence-corrected chi connectivity index (χ1v) is 10.1. The van der Waals surface area contributed by atoms with Crippen molar-refractivity contribution in [2.45, 2.75) is 25.3 Å². The molecule has 140 valence electrons. The van der Waals surface area contributed by atoms with E-state index in [1.165, 1.54) is 12.7 Å². The van der Waals surface area contributed by atoms with Crippen molar-refractivity contribution in [3.8, 4) is 0 Å². The van der Waals surface area contributed by atoms with Gasteiger partial charge in [-0.05, 0) is 48.9 Å². The quantitative estimate of drug-likeness (QED) is 0.371. The number of aromatic nitrogens is 4. The smallest absolute Gasteiger partial charge is 0.145 e. The molecule has 4 nitrogen and oxygen atoms in total. The van der Waals surface area contributed by atoms with Gasteiger partial charge in [0.2, 0.25) is 0 Å². The third-order valence-electron chi connectivity index (χ3n) is 5.54. The molecule has 0 radical (unpaired) electrons. The van der Waals surface area contributed by atoms with Gasteiger partial charge in [-0.3, -0.25) is 4.98 Å². The van der Waals surface area contributed by atoms with E-state index < -0.39 is 0 Å². The molecule has 0 spiro atoms. The summed E-state index contributed by atoms with van der Waals surface area (Å²) in [7, 11) is 0. The van der Waals surface area contributed by atoms with E-state index in [0.29, 0.717) is 22.1 Å². The Balaban J connectivity index is 1.33. The van der Waals surface area contributed by atoms with E-state index in [4.69, 9.17) is 23.2 Å². The number of benzene rings is 1. The van der Waals surface area contributed by atoms with E-state index in [1.54, 1.807) is 6.20 Å². The van der Waals surface area contributed by atoms with Crippen molar-refractivity contribution in [1.82, 2.24) is 19.5 Å². The Morgan fingerprint density at radius 1 is 1.04 bits per heavy atom.